The highest BCUT2D eigenvalue weighted by atomic mass is 79.9. The standard InChI is InChI=1S/C15H15BrO4/c1-3-20-15-11(9-4-6-10(17)7-5-9)8-12(19-2)13(16)14(15)18/h4-8,17-18H,3H2,1-2H3. The van der Waals surface area contributed by atoms with Crippen LogP contribution < -0.4 is 9.47 Å². The summed E-state index contributed by atoms with van der Waals surface area (Å²) in [6.07, 6.45) is 0. The van der Waals surface area contributed by atoms with Crippen molar-refractivity contribution in [1.82, 2.24) is 0 Å². The van der Waals surface area contributed by atoms with Crippen LogP contribution in [-0.2, 0) is 0 Å². The summed E-state index contributed by atoms with van der Waals surface area (Å²) in [5.41, 5.74) is 1.51. The highest BCUT2D eigenvalue weighted by Crippen LogP contribution is 2.47. The first kappa shape index (κ1) is 14.5. The predicted molar refractivity (Wildman–Crippen MR) is 80.6 cm³/mol. The third-order valence-corrected chi connectivity index (χ3v) is 3.61. The summed E-state index contributed by atoms with van der Waals surface area (Å²) in [6, 6.07) is 8.44. The van der Waals surface area contributed by atoms with Gasteiger partial charge in [-0.05, 0) is 46.6 Å². The van der Waals surface area contributed by atoms with Gasteiger partial charge in [0, 0.05) is 5.56 Å². The lowest BCUT2D eigenvalue weighted by Gasteiger charge is -2.16. The molecule has 2 N–H and O–H groups in total. The van der Waals surface area contributed by atoms with Crippen LogP contribution >= 0.6 is 15.9 Å². The van der Waals surface area contributed by atoms with Crippen LogP contribution in [-0.4, -0.2) is 23.9 Å². The third-order valence-electron chi connectivity index (χ3n) is 2.85. The number of hydrogen-bond donors (Lipinski definition) is 2. The Morgan fingerprint density at radius 2 is 1.80 bits per heavy atom. The maximum Gasteiger partial charge on any atom is 0.176 e. The first-order valence-electron chi connectivity index (χ1n) is 6.10. The zero-order chi connectivity index (χ0) is 14.7. The monoisotopic (exact) mass is 338 g/mol. The van der Waals surface area contributed by atoms with Crippen LogP contribution in [0.15, 0.2) is 34.8 Å². The summed E-state index contributed by atoms with van der Waals surface area (Å²) < 4.78 is 11.2. The fourth-order valence-electron chi connectivity index (χ4n) is 1.90. The molecule has 0 aromatic heterocycles. The van der Waals surface area contributed by atoms with Crippen LogP contribution in [0.3, 0.4) is 0 Å². The van der Waals surface area contributed by atoms with Crippen molar-refractivity contribution in [2.75, 3.05) is 13.7 Å². The molecule has 5 heteroatoms. The minimum atomic E-state index is -0.00530. The van der Waals surface area contributed by atoms with Crippen LogP contribution in [0, 0.1) is 0 Å². The topological polar surface area (TPSA) is 58.9 Å². The van der Waals surface area contributed by atoms with E-state index < -0.39 is 0 Å². The van der Waals surface area contributed by atoms with E-state index in [9.17, 15) is 10.2 Å². The van der Waals surface area contributed by atoms with Gasteiger partial charge >= 0.3 is 0 Å². The Morgan fingerprint density at radius 1 is 1.15 bits per heavy atom. The number of benzene rings is 2. The molecule has 106 valence electrons. The van der Waals surface area contributed by atoms with Crippen molar-refractivity contribution < 1.29 is 19.7 Å². The molecule has 0 aliphatic carbocycles. The Bertz CT molecular complexity index is 608. The molecule has 2 rings (SSSR count). The number of methoxy groups -OCH3 is 1. The van der Waals surface area contributed by atoms with Gasteiger partial charge in [-0.2, -0.15) is 0 Å². The maximum atomic E-state index is 10.2. The van der Waals surface area contributed by atoms with Gasteiger partial charge in [0.2, 0.25) is 0 Å². The van der Waals surface area contributed by atoms with E-state index in [1.807, 2.05) is 6.92 Å². The van der Waals surface area contributed by atoms with E-state index in [1.165, 1.54) is 7.11 Å². The lowest BCUT2D eigenvalue weighted by Crippen LogP contribution is -1.97. The van der Waals surface area contributed by atoms with E-state index in [0.29, 0.717) is 28.1 Å². The van der Waals surface area contributed by atoms with E-state index in [1.54, 1.807) is 30.3 Å². The van der Waals surface area contributed by atoms with E-state index in [-0.39, 0.29) is 11.5 Å². The molecule has 0 saturated carbocycles. The summed E-state index contributed by atoms with van der Waals surface area (Å²) in [6.45, 7) is 2.27. The second-order valence-electron chi connectivity index (χ2n) is 4.10. The largest absolute Gasteiger partial charge is 0.508 e. The summed E-state index contributed by atoms with van der Waals surface area (Å²) in [5, 5.41) is 19.6. The van der Waals surface area contributed by atoms with Gasteiger partial charge in [-0.25, -0.2) is 0 Å². The minimum Gasteiger partial charge on any atom is -0.508 e. The normalized spacial score (nSPS) is 10.3. The molecular formula is C15H15BrO4. The van der Waals surface area contributed by atoms with Crippen molar-refractivity contribution in [3.63, 3.8) is 0 Å². The summed E-state index contributed by atoms with van der Waals surface area (Å²) >= 11 is 3.28. The van der Waals surface area contributed by atoms with Crippen molar-refractivity contribution in [1.29, 1.82) is 0 Å². The SMILES string of the molecule is CCOc1c(-c2ccc(O)cc2)cc(OC)c(Br)c1O. The zero-order valence-corrected chi connectivity index (χ0v) is 12.8. The van der Waals surface area contributed by atoms with Gasteiger partial charge in [0.1, 0.15) is 16.0 Å². The van der Waals surface area contributed by atoms with Gasteiger partial charge in [0.05, 0.1) is 13.7 Å². The number of halogens is 1. The molecule has 0 amide bonds. The molecule has 0 heterocycles. The van der Waals surface area contributed by atoms with Gasteiger partial charge in [-0.3, -0.25) is 0 Å². The third kappa shape index (κ3) is 2.67. The Morgan fingerprint density at radius 3 is 2.35 bits per heavy atom. The van der Waals surface area contributed by atoms with Crippen LogP contribution in [0.5, 0.6) is 23.0 Å². The molecule has 0 bridgehead atoms. The van der Waals surface area contributed by atoms with Gasteiger partial charge in [0.15, 0.2) is 11.5 Å². The number of phenolic OH excluding ortho intramolecular Hbond substituents is 2. The van der Waals surface area contributed by atoms with E-state index in [4.69, 9.17) is 9.47 Å². The first-order chi connectivity index (χ1) is 9.58. The molecule has 2 aromatic carbocycles. The minimum absolute atomic E-state index is 0.00530. The number of hydrogen-bond acceptors (Lipinski definition) is 4. The van der Waals surface area contributed by atoms with Gasteiger partial charge in [0.25, 0.3) is 0 Å². The molecule has 0 radical (unpaired) electrons. The number of phenols is 2. The average Bonchev–Trinajstić information content (AvgIpc) is 2.45. The average molecular weight is 339 g/mol. The highest BCUT2D eigenvalue weighted by molar-refractivity contribution is 9.10. The fraction of sp³-hybridized carbons (Fsp3) is 0.200. The fourth-order valence-corrected chi connectivity index (χ4v) is 2.35. The molecule has 0 unspecified atom stereocenters. The van der Waals surface area contributed by atoms with E-state index in [2.05, 4.69) is 15.9 Å². The molecule has 4 nitrogen and oxygen atoms in total. The van der Waals surface area contributed by atoms with E-state index in [0.717, 1.165) is 5.56 Å². The molecular weight excluding hydrogens is 324 g/mol. The molecule has 0 aliphatic heterocycles. The van der Waals surface area contributed by atoms with Crippen molar-refractivity contribution in [3.05, 3.63) is 34.8 Å². The van der Waals surface area contributed by atoms with Gasteiger partial charge < -0.3 is 19.7 Å². The lowest BCUT2D eigenvalue weighted by atomic mass is 10.0. The van der Waals surface area contributed by atoms with Crippen molar-refractivity contribution in [2.45, 2.75) is 6.92 Å². The summed E-state index contributed by atoms with van der Waals surface area (Å²) in [5.74, 6) is 1.06. The van der Waals surface area contributed by atoms with Crippen LogP contribution in [0.2, 0.25) is 0 Å². The van der Waals surface area contributed by atoms with Crippen LogP contribution in [0.4, 0.5) is 0 Å². The van der Waals surface area contributed by atoms with E-state index >= 15 is 0 Å². The second kappa shape index (κ2) is 6.05. The number of ether oxygens (including phenoxy) is 2. The summed E-state index contributed by atoms with van der Waals surface area (Å²) in [4.78, 5) is 0. The molecule has 0 fully saturated rings. The zero-order valence-electron chi connectivity index (χ0n) is 11.2. The molecule has 2 aromatic rings. The Labute approximate surface area is 125 Å². The number of aromatic hydroxyl groups is 2. The Balaban J connectivity index is 2.66. The predicted octanol–water partition coefficient (Wildman–Crippen LogP) is 3.93. The van der Waals surface area contributed by atoms with Crippen molar-refractivity contribution >= 4 is 15.9 Å². The molecule has 20 heavy (non-hydrogen) atoms. The van der Waals surface area contributed by atoms with Crippen molar-refractivity contribution in [3.8, 4) is 34.1 Å². The summed E-state index contributed by atoms with van der Waals surface area (Å²) in [7, 11) is 1.53. The lowest BCUT2D eigenvalue weighted by molar-refractivity contribution is 0.316. The van der Waals surface area contributed by atoms with Gasteiger partial charge in [-0.1, -0.05) is 12.1 Å². The maximum absolute atomic E-state index is 10.2. The second-order valence-corrected chi connectivity index (χ2v) is 4.89. The quantitative estimate of drug-likeness (QED) is 0.886. The molecule has 0 saturated heterocycles. The highest BCUT2D eigenvalue weighted by Gasteiger charge is 2.19. The van der Waals surface area contributed by atoms with Crippen molar-refractivity contribution in [2.24, 2.45) is 0 Å². The van der Waals surface area contributed by atoms with Crippen LogP contribution in [0.25, 0.3) is 11.1 Å². The van der Waals surface area contributed by atoms with Crippen LogP contribution in [0.1, 0.15) is 6.92 Å². The molecule has 0 spiro atoms. The van der Waals surface area contributed by atoms with Gasteiger partial charge in [-0.15, -0.1) is 0 Å². The molecule has 0 atom stereocenters. The number of rotatable bonds is 4. The Kier molecular flexibility index (Phi) is 4.39. The smallest absolute Gasteiger partial charge is 0.176 e. The molecule has 0 aliphatic rings. The Hall–Kier alpha value is -1.88. The first-order valence-corrected chi connectivity index (χ1v) is 6.89.